The van der Waals surface area contributed by atoms with Crippen molar-refractivity contribution in [1.82, 2.24) is 24.4 Å². The minimum Gasteiger partial charge on any atom is -0.790 e. The predicted molar refractivity (Wildman–Crippen MR) is 144 cm³/mol. The number of nitrogen functional groups attached to an aromatic ring is 1. The third-order valence-electron chi connectivity index (χ3n) is 7.13. The zero-order chi connectivity index (χ0) is 35.2. The number of imidazole rings is 1. The van der Waals surface area contributed by atoms with Gasteiger partial charge in [-0.3, -0.25) is 18.5 Å². The van der Waals surface area contributed by atoms with Crippen molar-refractivity contribution in [2.45, 2.75) is 49.1 Å². The molecule has 48 heavy (non-hydrogen) atoms. The summed E-state index contributed by atoms with van der Waals surface area (Å²) >= 11 is 0. The Morgan fingerprint density at radius 2 is 1.58 bits per heavy atom. The molecule has 2 aromatic heterocycles. The molecule has 3 aliphatic heterocycles. The molecule has 0 radical (unpaired) electrons. The molecule has 2 saturated heterocycles. The van der Waals surface area contributed by atoms with Crippen LogP contribution in [-0.2, 0) is 45.8 Å². The van der Waals surface area contributed by atoms with Crippen molar-refractivity contribution in [2.75, 3.05) is 25.5 Å². The molecule has 2 unspecified atom stereocenters. The van der Waals surface area contributed by atoms with E-state index in [9.17, 15) is 53.4 Å². The van der Waals surface area contributed by atoms with Crippen LogP contribution in [0.4, 0.5) is 5.82 Å². The van der Waals surface area contributed by atoms with Crippen LogP contribution < -0.4 is 31.0 Å². The zero-order valence-electron chi connectivity index (χ0n) is 23.9. The number of carbonyl (C=O) groups excluding carboxylic acids is 1. The van der Waals surface area contributed by atoms with Crippen LogP contribution in [0.2, 0.25) is 0 Å². The number of fused-ring (bicyclic) bond motifs is 1. The van der Waals surface area contributed by atoms with Crippen molar-refractivity contribution in [2.24, 2.45) is 5.73 Å². The lowest BCUT2D eigenvalue weighted by Gasteiger charge is -2.34. The number of nitrogens with zero attached hydrogens (tertiary/aromatic N) is 5. The van der Waals surface area contributed by atoms with Crippen LogP contribution in [0.3, 0.4) is 0 Å². The van der Waals surface area contributed by atoms with Crippen LogP contribution in [0.1, 0.15) is 6.23 Å². The van der Waals surface area contributed by atoms with Crippen LogP contribution >= 0.6 is 23.5 Å². The number of hydrogen-bond acceptors (Lipinski definition) is 22. The van der Waals surface area contributed by atoms with Crippen LogP contribution in [-0.4, -0.2) is 108 Å². The van der Waals surface area contributed by atoms with Crippen molar-refractivity contribution in [3.05, 3.63) is 36.6 Å². The molecule has 1 amide bonds. The van der Waals surface area contributed by atoms with E-state index >= 15 is 0 Å². The third kappa shape index (κ3) is 8.17. The van der Waals surface area contributed by atoms with Gasteiger partial charge in [0, 0.05) is 11.8 Å². The number of ether oxygens (including phenoxy) is 2. The average molecular weight is 741 g/mol. The van der Waals surface area contributed by atoms with E-state index in [1.54, 1.807) is 0 Å². The molecule has 7 N–H and O–H groups in total. The molecule has 0 bridgehead atoms. The summed E-state index contributed by atoms with van der Waals surface area (Å²) in [5.74, 6) is -0.849. The molecule has 0 aromatic carbocycles. The maximum atomic E-state index is 12.4. The maximum Gasteiger partial charge on any atom is 0.274 e. The fraction of sp³-hybridized carbons (Fsp3) is 0.524. The van der Waals surface area contributed by atoms with Gasteiger partial charge in [-0.1, -0.05) is 6.08 Å². The topological polar surface area (TPSA) is 375 Å². The van der Waals surface area contributed by atoms with Gasteiger partial charge in [-0.05, 0) is 6.08 Å². The Hall–Kier alpha value is -2.73. The Labute approximate surface area is 268 Å². The standard InChI is InChI=1S/C21H30N7O17P3/c22-17-12-19(25-7-24-17)28(8-26-12)21-16(44-46(33,34)35)14(30)11(43-21)6-41-48(38,39)45-47(36,37)40-5-10-13(29)15(31)20(42-10)27-3-1-2-9(4-27)18(23)32/h1-3,7-8,10-11,13-16,20-21,29-31H,4-6H2,(H2,23,32)(H,36,37)(H,38,39)(H2,22,24,25)(H2,33,34,35)/p-4/t10-,11-,13-,14-,15-,16-,20-,21-/m1/s1. The monoisotopic (exact) mass is 741 g/mol. The van der Waals surface area contributed by atoms with E-state index in [1.807, 2.05) is 0 Å². The number of carbonyl (C=O) groups is 1. The number of nitrogens with two attached hydrogens (primary N) is 2. The largest absolute Gasteiger partial charge is 0.790 e. The number of phosphoric acid groups is 3. The maximum absolute atomic E-state index is 12.4. The van der Waals surface area contributed by atoms with Gasteiger partial charge in [0.05, 0.1) is 33.9 Å². The summed E-state index contributed by atoms with van der Waals surface area (Å²) in [5.41, 5.74) is 11.1. The normalized spacial score (nSPS) is 31.9. The number of primary amides is 1. The number of aliphatic hydroxyl groups excluding tert-OH is 3. The third-order valence-corrected chi connectivity index (χ3v) is 10.2. The van der Waals surface area contributed by atoms with E-state index in [0.717, 1.165) is 17.2 Å². The van der Waals surface area contributed by atoms with Gasteiger partial charge in [0.15, 0.2) is 23.9 Å². The number of rotatable bonds is 13. The van der Waals surface area contributed by atoms with Gasteiger partial charge in [0.1, 0.15) is 48.5 Å². The van der Waals surface area contributed by atoms with Crippen LogP contribution in [0.25, 0.3) is 11.2 Å². The Morgan fingerprint density at radius 1 is 0.958 bits per heavy atom. The number of allylic oxidation sites excluding steroid dienone is 2. The first-order valence-electron chi connectivity index (χ1n) is 13.4. The predicted octanol–water partition coefficient (Wildman–Crippen LogP) is -5.44. The molecule has 0 saturated carbocycles. The molecule has 5 rings (SSSR count). The quantitative estimate of drug-likeness (QED) is 0.120. The Kier molecular flexibility index (Phi) is 10.6. The lowest BCUT2D eigenvalue weighted by Crippen LogP contribution is -2.43. The minimum atomic E-state index is -5.86. The van der Waals surface area contributed by atoms with Gasteiger partial charge < -0.3 is 78.9 Å². The van der Waals surface area contributed by atoms with Crippen LogP contribution in [0.15, 0.2) is 36.6 Å². The first-order chi connectivity index (χ1) is 22.4. The van der Waals surface area contributed by atoms with Crippen LogP contribution in [0, 0.1) is 0 Å². The van der Waals surface area contributed by atoms with E-state index in [0.29, 0.717) is 0 Å². The summed E-state index contributed by atoms with van der Waals surface area (Å²) in [6.07, 6.45) is -7.42. The second-order valence-electron chi connectivity index (χ2n) is 10.3. The molecule has 10 atom stereocenters. The fourth-order valence-corrected chi connectivity index (χ4v) is 7.49. The summed E-state index contributed by atoms with van der Waals surface area (Å²) in [6.45, 7) is -2.36. The highest BCUT2D eigenvalue weighted by Gasteiger charge is 2.48. The van der Waals surface area contributed by atoms with Gasteiger partial charge in [-0.2, -0.15) is 0 Å². The number of amides is 1. The molecule has 27 heteroatoms. The van der Waals surface area contributed by atoms with Crippen molar-refractivity contribution in [3.63, 3.8) is 0 Å². The second-order valence-corrected chi connectivity index (χ2v) is 14.4. The van der Waals surface area contributed by atoms with E-state index < -0.39 is 91.7 Å². The first-order valence-corrected chi connectivity index (χ1v) is 17.8. The highest BCUT2D eigenvalue weighted by molar-refractivity contribution is 7.59. The zero-order valence-corrected chi connectivity index (χ0v) is 26.6. The minimum absolute atomic E-state index is 0.0170. The number of hydrogen-bond donors (Lipinski definition) is 5. The molecule has 2 aromatic rings. The smallest absolute Gasteiger partial charge is 0.274 e. The van der Waals surface area contributed by atoms with Gasteiger partial charge in [0.2, 0.25) is 5.91 Å². The number of anilines is 1. The fourth-order valence-electron chi connectivity index (χ4n) is 4.95. The molecule has 0 aliphatic carbocycles. The van der Waals surface area contributed by atoms with Crippen LogP contribution in [0.5, 0.6) is 0 Å². The van der Waals surface area contributed by atoms with E-state index in [1.165, 1.54) is 23.3 Å². The summed E-state index contributed by atoms with van der Waals surface area (Å²) in [5, 5.41) is 31.4. The Balaban J connectivity index is 1.19. The molecule has 3 aliphatic rings. The molecule has 0 spiro atoms. The Bertz CT molecular complexity index is 1740. The molecule has 24 nitrogen and oxygen atoms in total. The summed E-state index contributed by atoms with van der Waals surface area (Å²) < 4.78 is 65.6. The van der Waals surface area contributed by atoms with Crippen molar-refractivity contribution < 1.29 is 80.7 Å². The molecule has 2 fully saturated rings. The Morgan fingerprint density at radius 3 is 2.21 bits per heavy atom. The second kappa shape index (κ2) is 13.9. The van der Waals surface area contributed by atoms with Gasteiger partial charge in [-0.25, -0.2) is 19.3 Å². The van der Waals surface area contributed by atoms with Gasteiger partial charge in [0.25, 0.3) is 15.6 Å². The number of aromatic nitrogens is 4. The highest BCUT2D eigenvalue weighted by Crippen LogP contribution is 2.56. The van der Waals surface area contributed by atoms with Gasteiger partial charge in [-0.15, -0.1) is 0 Å². The highest BCUT2D eigenvalue weighted by atomic mass is 31.3. The summed E-state index contributed by atoms with van der Waals surface area (Å²) in [4.78, 5) is 71.9. The average Bonchev–Trinajstić information content (AvgIpc) is 3.64. The molecular weight excluding hydrogens is 715 g/mol. The summed E-state index contributed by atoms with van der Waals surface area (Å²) in [6, 6.07) is 0. The number of aliphatic hydroxyl groups is 3. The van der Waals surface area contributed by atoms with E-state index in [4.69, 9.17) is 20.9 Å². The van der Waals surface area contributed by atoms with Crippen molar-refractivity contribution in [3.8, 4) is 0 Å². The lowest BCUT2D eigenvalue weighted by atomic mass is 10.1. The summed E-state index contributed by atoms with van der Waals surface area (Å²) in [7, 11) is -17.4. The first kappa shape index (κ1) is 36.5. The van der Waals surface area contributed by atoms with Crippen molar-refractivity contribution in [1.29, 1.82) is 0 Å². The SMILES string of the molecule is NC(=O)C1=CC=CN([C@@H]2O[C@H](COP(=O)([O-])OP(=O)([O-])OC[C@H]3O[C@@H](n4cnc5c(N)ncnc54)[C@H](OP(=O)([O-])[O-])[C@@H]3O)[C@@H](O)[C@H]2O)C1. The molecule has 5 heterocycles. The molecule has 266 valence electrons. The van der Waals surface area contributed by atoms with E-state index in [2.05, 4.69) is 32.8 Å². The molecular formula is C21H26N7O17P3-4. The van der Waals surface area contributed by atoms with Crippen molar-refractivity contribution >= 4 is 46.4 Å². The lowest BCUT2D eigenvalue weighted by molar-refractivity contribution is -0.347. The number of phosphoric ester groups is 3. The van der Waals surface area contributed by atoms with Gasteiger partial charge >= 0.3 is 0 Å². The van der Waals surface area contributed by atoms with E-state index in [-0.39, 0.29) is 29.1 Å².